The van der Waals surface area contributed by atoms with Gasteiger partial charge in [-0.3, -0.25) is 4.79 Å². The highest BCUT2D eigenvalue weighted by Crippen LogP contribution is 2.28. The molecule has 0 fully saturated rings. The van der Waals surface area contributed by atoms with Crippen LogP contribution in [-0.4, -0.2) is 29.8 Å². The molecule has 0 saturated heterocycles. The number of amides is 1. The van der Waals surface area contributed by atoms with Gasteiger partial charge in [-0.15, -0.1) is 0 Å². The summed E-state index contributed by atoms with van der Waals surface area (Å²) in [6.45, 7) is 3.76. The van der Waals surface area contributed by atoms with Crippen LogP contribution in [0.5, 0.6) is 0 Å². The second kappa shape index (κ2) is 8.02. The first kappa shape index (κ1) is 19.9. The van der Waals surface area contributed by atoms with Crippen molar-refractivity contribution in [2.24, 2.45) is 0 Å². The Labute approximate surface area is 168 Å². The van der Waals surface area contributed by atoms with Crippen molar-refractivity contribution >= 4 is 28.9 Å². The topological polar surface area (TPSA) is 50.2 Å². The lowest BCUT2D eigenvalue weighted by Crippen LogP contribution is -2.18. The number of benzene rings is 2. The molecule has 0 atom stereocenters. The zero-order valence-corrected chi connectivity index (χ0v) is 17.0. The van der Waals surface area contributed by atoms with Crippen molar-refractivity contribution in [2.75, 3.05) is 24.3 Å². The molecule has 5 nitrogen and oxygen atoms in total. The van der Waals surface area contributed by atoms with Crippen molar-refractivity contribution in [3.8, 4) is 5.69 Å². The molecule has 3 rings (SSSR count). The third-order valence-electron chi connectivity index (χ3n) is 4.56. The molecule has 0 aliphatic rings. The minimum atomic E-state index is -0.303. The highest BCUT2D eigenvalue weighted by Gasteiger charge is 2.17. The fraction of sp³-hybridized carbons (Fsp3) is 0.238. The zero-order chi connectivity index (χ0) is 20.4. The molecule has 1 amide bonds. The van der Waals surface area contributed by atoms with E-state index in [1.807, 2.05) is 38.9 Å². The van der Waals surface area contributed by atoms with Crippen LogP contribution in [0.25, 0.3) is 5.69 Å². The second-order valence-electron chi connectivity index (χ2n) is 6.82. The van der Waals surface area contributed by atoms with E-state index in [0.29, 0.717) is 10.7 Å². The lowest BCUT2D eigenvalue weighted by atomic mass is 10.1. The molecule has 3 aromatic rings. The van der Waals surface area contributed by atoms with Gasteiger partial charge >= 0.3 is 0 Å². The number of nitrogens with one attached hydrogen (secondary N) is 1. The monoisotopic (exact) mass is 400 g/mol. The van der Waals surface area contributed by atoms with Crippen molar-refractivity contribution < 1.29 is 9.18 Å². The summed E-state index contributed by atoms with van der Waals surface area (Å²) in [5, 5.41) is 8.01. The molecule has 1 N–H and O–H groups in total. The summed E-state index contributed by atoms with van der Waals surface area (Å²) >= 11 is 6.09. The maximum atomic E-state index is 13.2. The van der Waals surface area contributed by atoms with Gasteiger partial charge in [0.05, 0.1) is 29.2 Å². The summed E-state index contributed by atoms with van der Waals surface area (Å²) in [5.41, 5.74) is 4.72. The van der Waals surface area contributed by atoms with Crippen LogP contribution < -0.4 is 10.2 Å². The molecule has 0 aliphatic heterocycles. The van der Waals surface area contributed by atoms with Gasteiger partial charge in [0.15, 0.2) is 0 Å². The van der Waals surface area contributed by atoms with Crippen molar-refractivity contribution in [2.45, 2.75) is 20.3 Å². The predicted octanol–water partition coefficient (Wildman–Crippen LogP) is 4.53. The number of nitrogens with zero attached hydrogens (tertiary/aromatic N) is 3. The largest absolute Gasteiger partial charge is 0.376 e. The van der Waals surface area contributed by atoms with E-state index in [2.05, 4.69) is 10.4 Å². The molecule has 0 radical (unpaired) electrons. The number of hydrogen-bond donors (Lipinski definition) is 1. The van der Waals surface area contributed by atoms with Crippen LogP contribution in [0.4, 0.5) is 15.8 Å². The second-order valence-corrected chi connectivity index (χ2v) is 7.25. The SMILES string of the molecule is Cc1nn(-c2ccc(F)cc2)c(C)c1CC(=O)Nc1cc(Cl)ccc1N(C)C. The number of aryl methyl sites for hydroxylation is 1. The van der Waals surface area contributed by atoms with E-state index < -0.39 is 0 Å². The van der Waals surface area contributed by atoms with E-state index in [1.54, 1.807) is 28.9 Å². The Bertz CT molecular complexity index is 1010. The Kier molecular flexibility index (Phi) is 5.70. The normalized spacial score (nSPS) is 10.8. The van der Waals surface area contributed by atoms with Crippen LogP contribution in [0.3, 0.4) is 0 Å². The number of aromatic nitrogens is 2. The molecule has 0 saturated carbocycles. The van der Waals surface area contributed by atoms with E-state index in [-0.39, 0.29) is 18.1 Å². The molecule has 0 bridgehead atoms. The summed E-state index contributed by atoms with van der Waals surface area (Å²) in [5.74, 6) is -0.460. The number of rotatable bonds is 5. The Morgan fingerprint density at radius 1 is 1.18 bits per heavy atom. The van der Waals surface area contributed by atoms with Gasteiger partial charge in [0.1, 0.15) is 5.82 Å². The van der Waals surface area contributed by atoms with Crippen LogP contribution in [0.1, 0.15) is 17.0 Å². The average Bonchev–Trinajstić information content (AvgIpc) is 2.90. The number of carbonyl (C=O) groups is 1. The molecule has 1 heterocycles. The van der Waals surface area contributed by atoms with Gasteiger partial charge in [-0.05, 0) is 56.3 Å². The first-order valence-corrected chi connectivity index (χ1v) is 9.22. The molecule has 1 aromatic heterocycles. The van der Waals surface area contributed by atoms with Gasteiger partial charge < -0.3 is 10.2 Å². The lowest BCUT2D eigenvalue weighted by molar-refractivity contribution is -0.115. The summed E-state index contributed by atoms with van der Waals surface area (Å²) in [6.07, 6.45) is 0.179. The van der Waals surface area contributed by atoms with E-state index >= 15 is 0 Å². The maximum absolute atomic E-state index is 13.2. The van der Waals surface area contributed by atoms with Gasteiger partial charge in [0, 0.05) is 30.4 Å². The van der Waals surface area contributed by atoms with Crippen molar-refractivity contribution in [1.29, 1.82) is 0 Å². The van der Waals surface area contributed by atoms with E-state index in [0.717, 1.165) is 28.3 Å². The lowest BCUT2D eigenvalue weighted by Gasteiger charge is -2.18. The first-order valence-electron chi connectivity index (χ1n) is 8.84. The fourth-order valence-electron chi connectivity index (χ4n) is 3.12. The van der Waals surface area contributed by atoms with Crippen LogP contribution in [-0.2, 0) is 11.2 Å². The third kappa shape index (κ3) is 4.17. The smallest absolute Gasteiger partial charge is 0.228 e. The Hall–Kier alpha value is -2.86. The number of anilines is 2. The highest BCUT2D eigenvalue weighted by atomic mass is 35.5. The minimum Gasteiger partial charge on any atom is -0.376 e. The first-order chi connectivity index (χ1) is 13.3. The Balaban J connectivity index is 1.84. The molecule has 0 unspecified atom stereocenters. The summed E-state index contributed by atoms with van der Waals surface area (Å²) < 4.78 is 14.9. The number of hydrogen-bond acceptors (Lipinski definition) is 3. The predicted molar refractivity (Wildman–Crippen MR) is 111 cm³/mol. The summed E-state index contributed by atoms with van der Waals surface area (Å²) in [6, 6.07) is 11.5. The van der Waals surface area contributed by atoms with Gasteiger partial charge in [-0.25, -0.2) is 9.07 Å². The molecule has 28 heavy (non-hydrogen) atoms. The number of halogens is 2. The molecule has 7 heteroatoms. The van der Waals surface area contributed by atoms with Crippen LogP contribution >= 0.6 is 11.6 Å². The van der Waals surface area contributed by atoms with Gasteiger partial charge in [-0.1, -0.05) is 11.6 Å². The average molecular weight is 401 g/mol. The number of carbonyl (C=O) groups excluding carboxylic acids is 1. The van der Waals surface area contributed by atoms with Crippen molar-refractivity contribution in [1.82, 2.24) is 9.78 Å². The van der Waals surface area contributed by atoms with E-state index in [4.69, 9.17) is 11.6 Å². The zero-order valence-electron chi connectivity index (χ0n) is 16.3. The Morgan fingerprint density at radius 3 is 2.50 bits per heavy atom. The molecule has 0 aliphatic carbocycles. The van der Waals surface area contributed by atoms with Gasteiger partial charge in [0.25, 0.3) is 0 Å². The maximum Gasteiger partial charge on any atom is 0.228 e. The summed E-state index contributed by atoms with van der Waals surface area (Å²) in [4.78, 5) is 14.6. The summed E-state index contributed by atoms with van der Waals surface area (Å²) in [7, 11) is 3.81. The minimum absolute atomic E-state index is 0.157. The molecular formula is C21H22ClFN4O. The molecule has 2 aromatic carbocycles. The molecule has 0 spiro atoms. The van der Waals surface area contributed by atoms with E-state index in [9.17, 15) is 9.18 Å². The molecule has 146 valence electrons. The van der Waals surface area contributed by atoms with E-state index in [1.165, 1.54) is 12.1 Å². The van der Waals surface area contributed by atoms with Crippen molar-refractivity contribution in [3.05, 3.63) is 70.3 Å². The van der Waals surface area contributed by atoms with Gasteiger partial charge in [0.2, 0.25) is 5.91 Å². The molecular weight excluding hydrogens is 379 g/mol. The standard InChI is InChI=1S/C21H22ClFN4O/c1-13-18(14(2)27(25-13)17-8-6-16(23)7-9-17)12-21(28)24-19-11-15(22)5-10-20(19)26(3)4/h5-11H,12H2,1-4H3,(H,24,28). The van der Waals surface area contributed by atoms with Crippen LogP contribution in [0.15, 0.2) is 42.5 Å². The van der Waals surface area contributed by atoms with Crippen LogP contribution in [0, 0.1) is 19.7 Å². The van der Waals surface area contributed by atoms with Crippen molar-refractivity contribution in [3.63, 3.8) is 0 Å². The van der Waals surface area contributed by atoms with Crippen LogP contribution in [0.2, 0.25) is 5.02 Å². The highest BCUT2D eigenvalue weighted by molar-refractivity contribution is 6.31. The fourth-order valence-corrected chi connectivity index (χ4v) is 3.29. The quantitative estimate of drug-likeness (QED) is 0.684. The third-order valence-corrected chi connectivity index (χ3v) is 4.80. The van der Waals surface area contributed by atoms with Gasteiger partial charge in [-0.2, -0.15) is 5.10 Å². The Morgan fingerprint density at radius 2 is 1.86 bits per heavy atom.